The molecule has 0 saturated heterocycles. The Bertz CT molecular complexity index is 937. The van der Waals surface area contributed by atoms with Crippen molar-refractivity contribution in [3.8, 4) is 6.07 Å². The quantitative estimate of drug-likeness (QED) is 0.682. The van der Waals surface area contributed by atoms with Crippen molar-refractivity contribution in [1.29, 1.82) is 5.26 Å². The fourth-order valence-corrected chi connectivity index (χ4v) is 2.53. The smallest absolute Gasteiger partial charge is 0.248 e. The molecule has 0 aliphatic carbocycles. The summed E-state index contributed by atoms with van der Waals surface area (Å²) in [5.74, 6) is -0.243. The van der Waals surface area contributed by atoms with Gasteiger partial charge >= 0.3 is 0 Å². The summed E-state index contributed by atoms with van der Waals surface area (Å²) in [6.45, 7) is 0. The van der Waals surface area contributed by atoms with E-state index in [-0.39, 0.29) is 11.7 Å². The molecule has 3 rings (SSSR count). The van der Waals surface area contributed by atoms with Gasteiger partial charge in [0.2, 0.25) is 11.7 Å². The maximum atomic E-state index is 12.1. The van der Waals surface area contributed by atoms with E-state index in [2.05, 4.69) is 21.2 Å². The number of benzene rings is 2. The number of hydrogen-bond donors (Lipinski definition) is 1. The minimum absolute atomic E-state index is 0.0829. The number of nitrogens with zero attached hydrogens (tertiary/aromatic N) is 1. The molecule has 0 fully saturated rings. The second-order valence-corrected chi connectivity index (χ2v) is 5.71. The van der Waals surface area contributed by atoms with Gasteiger partial charge < -0.3 is 9.73 Å². The van der Waals surface area contributed by atoms with Gasteiger partial charge in [0.1, 0.15) is 17.3 Å². The molecule has 0 saturated carbocycles. The highest BCUT2D eigenvalue weighted by Gasteiger charge is 2.15. The Kier molecular flexibility index (Phi) is 4.26. The highest BCUT2D eigenvalue weighted by Crippen LogP contribution is 2.32. The Hall–Kier alpha value is -2.84. The van der Waals surface area contributed by atoms with Crippen molar-refractivity contribution in [2.45, 2.75) is 0 Å². The van der Waals surface area contributed by atoms with Crippen LogP contribution in [0.25, 0.3) is 17.0 Å². The van der Waals surface area contributed by atoms with E-state index in [1.54, 1.807) is 18.2 Å². The first kappa shape index (κ1) is 15.1. The fourth-order valence-electron chi connectivity index (χ4n) is 2.17. The third kappa shape index (κ3) is 3.33. The van der Waals surface area contributed by atoms with Crippen LogP contribution in [0.15, 0.2) is 63.5 Å². The van der Waals surface area contributed by atoms with Gasteiger partial charge in [-0.2, -0.15) is 5.26 Å². The Morgan fingerprint density at radius 1 is 1.22 bits per heavy atom. The van der Waals surface area contributed by atoms with Gasteiger partial charge in [-0.05, 0) is 29.8 Å². The fraction of sp³-hybridized carbons (Fsp3) is 0. The summed E-state index contributed by atoms with van der Waals surface area (Å²) >= 11 is 3.37. The Morgan fingerprint density at radius 2 is 2.00 bits per heavy atom. The summed E-state index contributed by atoms with van der Waals surface area (Å²) in [6.07, 6.45) is 3.13. The summed E-state index contributed by atoms with van der Waals surface area (Å²) in [4.78, 5) is 12.1. The van der Waals surface area contributed by atoms with E-state index in [9.17, 15) is 10.1 Å². The standard InChI is InChI=1S/C18H11BrN2O2/c19-13-7-8-15-14(10-13)18(16(11-20)23-15)21-17(22)9-6-12-4-2-1-3-5-12/h1-10H,(H,21,22)/b9-6+. The van der Waals surface area contributed by atoms with Crippen LogP contribution in [0.4, 0.5) is 5.69 Å². The Labute approximate surface area is 141 Å². The highest BCUT2D eigenvalue weighted by atomic mass is 79.9. The van der Waals surface area contributed by atoms with Crippen LogP contribution in [-0.4, -0.2) is 5.91 Å². The van der Waals surface area contributed by atoms with Crippen molar-refractivity contribution >= 4 is 44.6 Å². The second kappa shape index (κ2) is 6.51. The number of carbonyl (C=O) groups excluding carboxylic acids is 1. The molecular formula is C18H11BrN2O2. The van der Waals surface area contributed by atoms with E-state index in [1.165, 1.54) is 6.08 Å². The SMILES string of the molecule is N#Cc1oc2ccc(Br)cc2c1NC(=O)/C=C/c1ccccc1. The van der Waals surface area contributed by atoms with Crippen LogP contribution >= 0.6 is 15.9 Å². The molecule has 3 aromatic rings. The number of fused-ring (bicyclic) bond motifs is 1. The first-order valence-corrected chi connectivity index (χ1v) is 7.63. The molecule has 0 aliphatic rings. The van der Waals surface area contributed by atoms with E-state index >= 15 is 0 Å². The summed E-state index contributed by atoms with van der Waals surface area (Å²) < 4.78 is 6.28. The number of amides is 1. The molecule has 0 aliphatic heterocycles. The third-order valence-electron chi connectivity index (χ3n) is 3.23. The monoisotopic (exact) mass is 366 g/mol. The number of hydrogen-bond acceptors (Lipinski definition) is 3. The molecule has 0 bridgehead atoms. The van der Waals surface area contributed by atoms with Gasteiger partial charge in [-0.3, -0.25) is 4.79 Å². The topological polar surface area (TPSA) is 66.0 Å². The summed E-state index contributed by atoms with van der Waals surface area (Å²) in [5, 5.41) is 12.6. The second-order valence-electron chi connectivity index (χ2n) is 4.79. The highest BCUT2D eigenvalue weighted by molar-refractivity contribution is 9.10. The lowest BCUT2D eigenvalue weighted by molar-refractivity contribution is -0.111. The number of halogens is 1. The maximum Gasteiger partial charge on any atom is 0.248 e. The van der Waals surface area contributed by atoms with Crippen LogP contribution < -0.4 is 5.32 Å². The third-order valence-corrected chi connectivity index (χ3v) is 3.72. The molecule has 0 atom stereocenters. The molecule has 0 unspecified atom stereocenters. The van der Waals surface area contributed by atoms with Crippen molar-refractivity contribution in [2.24, 2.45) is 0 Å². The number of rotatable bonds is 3. The van der Waals surface area contributed by atoms with Crippen LogP contribution in [0.1, 0.15) is 11.3 Å². The Morgan fingerprint density at radius 3 is 2.74 bits per heavy atom. The molecule has 0 radical (unpaired) electrons. The molecule has 4 nitrogen and oxygen atoms in total. The summed E-state index contributed by atoms with van der Waals surface area (Å²) in [5.41, 5.74) is 1.85. The number of nitriles is 1. The van der Waals surface area contributed by atoms with Gasteiger partial charge in [0.25, 0.3) is 0 Å². The molecular weight excluding hydrogens is 356 g/mol. The first-order valence-electron chi connectivity index (χ1n) is 6.83. The molecule has 0 spiro atoms. The molecule has 112 valence electrons. The molecule has 1 heterocycles. The minimum atomic E-state index is -0.326. The lowest BCUT2D eigenvalue weighted by atomic mass is 10.2. The van der Waals surface area contributed by atoms with Crippen LogP contribution in [0.2, 0.25) is 0 Å². The number of carbonyl (C=O) groups is 1. The van der Waals surface area contributed by atoms with E-state index < -0.39 is 0 Å². The predicted molar refractivity (Wildman–Crippen MR) is 92.7 cm³/mol. The number of furan rings is 1. The number of nitrogens with one attached hydrogen (secondary N) is 1. The molecule has 23 heavy (non-hydrogen) atoms. The van der Waals surface area contributed by atoms with Gasteiger partial charge in [0, 0.05) is 15.9 Å². The van der Waals surface area contributed by atoms with E-state index in [4.69, 9.17) is 4.42 Å². The van der Waals surface area contributed by atoms with E-state index in [0.29, 0.717) is 16.7 Å². The van der Waals surface area contributed by atoms with Gasteiger partial charge in [-0.15, -0.1) is 0 Å². The van der Waals surface area contributed by atoms with Crippen LogP contribution in [-0.2, 0) is 4.79 Å². The number of anilines is 1. The largest absolute Gasteiger partial charge is 0.443 e. The van der Waals surface area contributed by atoms with Crippen molar-refractivity contribution in [2.75, 3.05) is 5.32 Å². The van der Waals surface area contributed by atoms with Crippen molar-refractivity contribution in [3.63, 3.8) is 0 Å². The van der Waals surface area contributed by atoms with E-state index in [1.807, 2.05) is 42.5 Å². The van der Waals surface area contributed by atoms with Crippen molar-refractivity contribution in [1.82, 2.24) is 0 Å². The van der Waals surface area contributed by atoms with Crippen LogP contribution in [0.5, 0.6) is 0 Å². The van der Waals surface area contributed by atoms with Crippen molar-refractivity contribution in [3.05, 3.63) is 70.4 Å². The molecule has 1 aromatic heterocycles. The average molecular weight is 367 g/mol. The summed E-state index contributed by atoms with van der Waals surface area (Å²) in [6, 6.07) is 16.8. The molecule has 1 N–H and O–H groups in total. The minimum Gasteiger partial charge on any atom is -0.443 e. The zero-order valence-corrected chi connectivity index (χ0v) is 13.5. The zero-order valence-electron chi connectivity index (χ0n) is 11.9. The molecule has 1 amide bonds. The average Bonchev–Trinajstić information content (AvgIpc) is 2.91. The lowest BCUT2D eigenvalue weighted by Crippen LogP contribution is -2.08. The van der Waals surface area contributed by atoms with Gasteiger partial charge in [0.05, 0.1) is 0 Å². The molecule has 5 heteroatoms. The lowest BCUT2D eigenvalue weighted by Gasteiger charge is -2.00. The zero-order chi connectivity index (χ0) is 16.2. The van der Waals surface area contributed by atoms with E-state index in [0.717, 1.165) is 10.0 Å². The van der Waals surface area contributed by atoms with Crippen molar-refractivity contribution < 1.29 is 9.21 Å². The first-order chi connectivity index (χ1) is 11.2. The van der Waals surface area contributed by atoms with Crippen LogP contribution in [0, 0.1) is 11.3 Å². The normalized spacial score (nSPS) is 10.8. The predicted octanol–water partition coefficient (Wildman–Crippen LogP) is 4.72. The summed E-state index contributed by atoms with van der Waals surface area (Å²) in [7, 11) is 0. The van der Waals surface area contributed by atoms with Gasteiger partial charge in [0.15, 0.2) is 0 Å². The molecule has 2 aromatic carbocycles. The van der Waals surface area contributed by atoms with Crippen LogP contribution in [0.3, 0.4) is 0 Å². The van der Waals surface area contributed by atoms with Gasteiger partial charge in [-0.25, -0.2) is 0 Å². The Balaban J connectivity index is 1.89. The maximum absolute atomic E-state index is 12.1. The van der Waals surface area contributed by atoms with Gasteiger partial charge in [-0.1, -0.05) is 46.3 Å².